The van der Waals surface area contributed by atoms with Crippen molar-refractivity contribution in [3.05, 3.63) is 35.4 Å². The minimum Gasteiger partial charge on any atom is -0.465 e. The highest BCUT2D eigenvalue weighted by molar-refractivity contribution is 5.96. The van der Waals surface area contributed by atoms with Crippen LogP contribution in [-0.2, 0) is 9.47 Å². The molecule has 1 aromatic rings. The summed E-state index contributed by atoms with van der Waals surface area (Å²) in [5.74, 6) is -0.754. The molecule has 0 radical (unpaired) electrons. The topological polar surface area (TPSA) is 84.9 Å². The molecule has 0 aromatic heterocycles. The maximum atomic E-state index is 11.9. The highest BCUT2D eigenvalue weighted by Crippen LogP contribution is 2.17. The molecule has 2 rings (SSSR count). The molecule has 0 bridgehead atoms. The second-order valence-corrected chi connectivity index (χ2v) is 4.78. The minimum absolute atomic E-state index is 0.143. The van der Waals surface area contributed by atoms with E-state index in [9.17, 15) is 14.7 Å². The molecular formula is C14H17NO5. The number of rotatable bonds is 4. The van der Waals surface area contributed by atoms with Crippen molar-refractivity contribution in [2.75, 3.05) is 26.9 Å². The number of aliphatic hydroxyl groups is 1. The van der Waals surface area contributed by atoms with Gasteiger partial charge in [-0.1, -0.05) is 0 Å². The van der Waals surface area contributed by atoms with Crippen LogP contribution < -0.4 is 5.32 Å². The van der Waals surface area contributed by atoms with Crippen molar-refractivity contribution in [3.8, 4) is 0 Å². The second kappa shape index (κ2) is 6.02. The zero-order valence-corrected chi connectivity index (χ0v) is 11.2. The lowest BCUT2D eigenvalue weighted by Gasteiger charge is -2.20. The quantitative estimate of drug-likeness (QED) is 0.777. The van der Waals surface area contributed by atoms with Gasteiger partial charge in [0.1, 0.15) is 5.60 Å². The Bertz CT molecular complexity index is 491. The highest BCUT2D eigenvalue weighted by atomic mass is 16.5. The molecule has 1 heterocycles. The first-order valence-corrected chi connectivity index (χ1v) is 6.31. The van der Waals surface area contributed by atoms with Gasteiger partial charge in [-0.05, 0) is 24.3 Å². The Kier molecular flexibility index (Phi) is 4.36. The molecule has 6 heteroatoms. The molecule has 1 aliphatic rings. The first-order valence-electron chi connectivity index (χ1n) is 6.31. The van der Waals surface area contributed by atoms with Crippen molar-refractivity contribution in [1.82, 2.24) is 5.32 Å². The molecule has 1 aromatic carbocycles. The van der Waals surface area contributed by atoms with E-state index in [0.29, 0.717) is 24.2 Å². The molecule has 0 saturated carbocycles. The summed E-state index contributed by atoms with van der Waals surface area (Å²) in [6.45, 7) is 0.874. The summed E-state index contributed by atoms with van der Waals surface area (Å²) in [4.78, 5) is 23.2. The Balaban J connectivity index is 1.94. The van der Waals surface area contributed by atoms with E-state index in [2.05, 4.69) is 10.1 Å². The molecule has 1 amide bonds. The van der Waals surface area contributed by atoms with Crippen molar-refractivity contribution in [1.29, 1.82) is 0 Å². The molecular weight excluding hydrogens is 262 g/mol. The standard InChI is InChI=1S/C14H17NO5/c1-19-13(17)11-4-2-10(3-5-11)12(16)15-8-14(18)6-7-20-9-14/h2-5,18H,6-9H2,1H3,(H,15,16)/t14-/m1/s1. The van der Waals surface area contributed by atoms with E-state index >= 15 is 0 Å². The number of ether oxygens (including phenoxy) is 2. The van der Waals surface area contributed by atoms with E-state index in [4.69, 9.17) is 4.74 Å². The molecule has 1 saturated heterocycles. The molecule has 20 heavy (non-hydrogen) atoms. The molecule has 1 atom stereocenters. The number of esters is 1. The third-order valence-corrected chi connectivity index (χ3v) is 3.23. The van der Waals surface area contributed by atoms with Gasteiger partial charge >= 0.3 is 5.97 Å². The Morgan fingerprint density at radius 3 is 2.55 bits per heavy atom. The fourth-order valence-electron chi connectivity index (χ4n) is 1.96. The lowest BCUT2D eigenvalue weighted by molar-refractivity contribution is 0.0264. The van der Waals surface area contributed by atoms with E-state index in [0.717, 1.165) is 0 Å². The molecule has 0 spiro atoms. The predicted octanol–water partition coefficient (Wildman–Crippen LogP) is 0.354. The van der Waals surface area contributed by atoms with Crippen LogP contribution in [0.1, 0.15) is 27.1 Å². The number of benzene rings is 1. The van der Waals surface area contributed by atoms with Crippen LogP contribution in [-0.4, -0.2) is 49.5 Å². The fourth-order valence-corrected chi connectivity index (χ4v) is 1.96. The molecule has 0 aliphatic carbocycles. The average Bonchev–Trinajstić information content (AvgIpc) is 2.91. The Labute approximate surface area is 116 Å². The maximum absolute atomic E-state index is 11.9. The summed E-state index contributed by atoms with van der Waals surface area (Å²) in [6, 6.07) is 6.12. The van der Waals surface area contributed by atoms with Crippen LogP contribution in [0.3, 0.4) is 0 Å². The number of nitrogens with one attached hydrogen (secondary N) is 1. The third kappa shape index (κ3) is 3.34. The van der Waals surface area contributed by atoms with E-state index in [1.807, 2.05) is 0 Å². The molecule has 0 unspecified atom stereocenters. The van der Waals surface area contributed by atoms with Crippen molar-refractivity contribution in [2.24, 2.45) is 0 Å². The van der Waals surface area contributed by atoms with Gasteiger partial charge in [-0.15, -0.1) is 0 Å². The lowest BCUT2D eigenvalue weighted by atomic mass is 10.0. The average molecular weight is 279 g/mol. The normalized spacial score (nSPS) is 21.5. The summed E-state index contributed by atoms with van der Waals surface area (Å²) in [6.07, 6.45) is 0.508. The number of carbonyl (C=O) groups is 2. The molecule has 1 aliphatic heterocycles. The van der Waals surface area contributed by atoms with Gasteiger partial charge in [0.05, 0.1) is 19.3 Å². The molecule has 2 N–H and O–H groups in total. The zero-order valence-electron chi connectivity index (χ0n) is 11.2. The summed E-state index contributed by atoms with van der Waals surface area (Å²) in [5, 5.41) is 12.7. The molecule has 108 valence electrons. The lowest BCUT2D eigenvalue weighted by Crippen LogP contribution is -2.43. The highest BCUT2D eigenvalue weighted by Gasteiger charge is 2.32. The summed E-state index contributed by atoms with van der Waals surface area (Å²) in [7, 11) is 1.30. The monoisotopic (exact) mass is 279 g/mol. The Hall–Kier alpha value is -1.92. The zero-order chi connectivity index (χ0) is 14.6. The SMILES string of the molecule is COC(=O)c1ccc(C(=O)NC[C@]2(O)CCOC2)cc1. The van der Waals surface area contributed by atoms with Gasteiger partial charge in [0, 0.05) is 25.1 Å². The van der Waals surface area contributed by atoms with Crippen LogP contribution in [0, 0.1) is 0 Å². The summed E-state index contributed by atoms with van der Waals surface area (Å²) in [5.41, 5.74) is -0.186. The van der Waals surface area contributed by atoms with Crippen molar-refractivity contribution >= 4 is 11.9 Å². The summed E-state index contributed by atoms with van der Waals surface area (Å²) >= 11 is 0. The van der Waals surface area contributed by atoms with Gasteiger partial charge < -0.3 is 19.9 Å². The fraction of sp³-hybridized carbons (Fsp3) is 0.429. The van der Waals surface area contributed by atoms with Gasteiger partial charge in [0.15, 0.2) is 0 Å². The third-order valence-electron chi connectivity index (χ3n) is 3.23. The first kappa shape index (κ1) is 14.5. The van der Waals surface area contributed by atoms with Crippen molar-refractivity contribution in [2.45, 2.75) is 12.0 Å². The van der Waals surface area contributed by atoms with Gasteiger partial charge in [0.2, 0.25) is 0 Å². The number of hydrogen-bond acceptors (Lipinski definition) is 5. The van der Waals surface area contributed by atoms with Gasteiger partial charge in [-0.3, -0.25) is 4.79 Å². The van der Waals surface area contributed by atoms with Crippen molar-refractivity contribution in [3.63, 3.8) is 0 Å². The first-order chi connectivity index (χ1) is 9.54. The van der Waals surface area contributed by atoms with Crippen LogP contribution in [0.25, 0.3) is 0 Å². The van der Waals surface area contributed by atoms with E-state index < -0.39 is 11.6 Å². The van der Waals surface area contributed by atoms with E-state index in [1.54, 1.807) is 0 Å². The number of carbonyl (C=O) groups excluding carboxylic acids is 2. The smallest absolute Gasteiger partial charge is 0.337 e. The number of hydrogen-bond donors (Lipinski definition) is 2. The minimum atomic E-state index is -0.985. The van der Waals surface area contributed by atoms with Crippen LogP contribution in [0.2, 0.25) is 0 Å². The van der Waals surface area contributed by atoms with Gasteiger partial charge in [0.25, 0.3) is 5.91 Å². The van der Waals surface area contributed by atoms with Crippen LogP contribution in [0.4, 0.5) is 0 Å². The van der Waals surface area contributed by atoms with E-state index in [-0.39, 0.29) is 19.1 Å². The summed E-state index contributed by atoms with van der Waals surface area (Å²) < 4.78 is 9.68. The van der Waals surface area contributed by atoms with Crippen molar-refractivity contribution < 1.29 is 24.2 Å². The second-order valence-electron chi connectivity index (χ2n) is 4.78. The van der Waals surface area contributed by atoms with Gasteiger partial charge in [-0.2, -0.15) is 0 Å². The van der Waals surface area contributed by atoms with Crippen LogP contribution in [0.5, 0.6) is 0 Å². The van der Waals surface area contributed by atoms with Crippen LogP contribution >= 0.6 is 0 Å². The van der Waals surface area contributed by atoms with E-state index in [1.165, 1.54) is 31.4 Å². The van der Waals surface area contributed by atoms with Crippen LogP contribution in [0.15, 0.2) is 24.3 Å². The molecule has 1 fully saturated rings. The number of methoxy groups -OCH3 is 1. The largest absolute Gasteiger partial charge is 0.465 e. The maximum Gasteiger partial charge on any atom is 0.337 e. The van der Waals surface area contributed by atoms with Gasteiger partial charge in [-0.25, -0.2) is 4.79 Å². The Morgan fingerprint density at radius 1 is 1.35 bits per heavy atom. The molecule has 6 nitrogen and oxygen atoms in total. The Morgan fingerprint density at radius 2 is 2.00 bits per heavy atom. The number of amides is 1. The predicted molar refractivity (Wildman–Crippen MR) is 70.5 cm³/mol.